The van der Waals surface area contributed by atoms with Crippen LogP contribution in [0.25, 0.3) is 11.3 Å². The topological polar surface area (TPSA) is 47.0 Å². The summed E-state index contributed by atoms with van der Waals surface area (Å²) in [7, 11) is 0. The van der Waals surface area contributed by atoms with Crippen molar-refractivity contribution < 1.29 is 17.9 Å². The van der Waals surface area contributed by atoms with Gasteiger partial charge in [0.1, 0.15) is 11.4 Å². The van der Waals surface area contributed by atoms with Crippen LogP contribution in [-0.2, 0) is 0 Å². The number of benzene rings is 1. The summed E-state index contributed by atoms with van der Waals surface area (Å²) in [6.07, 6.45) is -1.62. The Balaban J connectivity index is 2.26. The molecular weight excluding hydrogens is 271 g/mol. The predicted octanol–water partition coefficient (Wildman–Crippen LogP) is 3.47. The zero-order valence-corrected chi connectivity index (χ0v) is 10.6. The summed E-state index contributed by atoms with van der Waals surface area (Å²) in [5.41, 5.74) is 1.23. The SMILES string of the molecule is CCNc1nccnc1-c1ccc(OC(F)(F)F)cc1. The summed E-state index contributed by atoms with van der Waals surface area (Å²) in [4.78, 5) is 8.33. The highest BCUT2D eigenvalue weighted by atomic mass is 19.4. The van der Waals surface area contributed by atoms with Gasteiger partial charge in [0.25, 0.3) is 0 Å². The van der Waals surface area contributed by atoms with Crippen molar-refractivity contribution in [3.8, 4) is 17.0 Å². The summed E-state index contributed by atoms with van der Waals surface area (Å²) >= 11 is 0. The summed E-state index contributed by atoms with van der Waals surface area (Å²) < 4.78 is 40.0. The lowest BCUT2D eigenvalue weighted by Crippen LogP contribution is -2.16. The van der Waals surface area contributed by atoms with E-state index in [0.717, 1.165) is 0 Å². The minimum absolute atomic E-state index is 0.268. The van der Waals surface area contributed by atoms with Crippen molar-refractivity contribution in [2.75, 3.05) is 11.9 Å². The quantitative estimate of drug-likeness (QED) is 0.933. The van der Waals surface area contributed by atoms with Crippen molar-refractivity contribution in [1.29, 1.82) is 0 Å². The number of hydrogen-bond acceptors (Lipinski definition) is 4. The molecule has 0 spiro atoms. The molecule has 0 amide bonds. The van der Waals surface area contributed by atoms with Crippen molar-refractivity contribution in [2.24, 2.45) is 0 Å². The molecular formula is C13H12F3N3O. The Bertz CT molecular complexity index is 570. The maximum absolute atomic E-state index is 12.1. The van der Waals surface area contributed by atoms with Gasteiger partial charge < -0.3 is 10.1 Å². The Morgan fingerprint density at radius 2 is 1.75 bits per heavy atom. The molecule has 2 aromatic rings. The second-order valence-corrected chi connectivity index (χ2v) is 3.86. The third-order valence-corrected chi connectivity index (χ3v) is 2.40. The van der Waals surface area contributed by atoms with Crippen LogP contribution in [0, 0.1) is 0 Å². The fourth-order valence-electron chi connectivity index (χ4n) is 1.66. The van der Waals surface area contributed by atoms with Gasteiger partial charge in [-0.15, -0.1) is 13.2 Å². The molecule has 1 heterocycles. The minimum Gasteiger partial charge on any atom is -0.406 e. The number of hydrogen-bond donors (Lipinski definition) is 1. The number of rotatable bonds is 4. The second-order valence-electron chi connectivity index (χ2n) is 3.86. The van der Waals surface area contributed by atoms with E-state index in [1.165, 1.54) is 30.5 Å². The Hall–Kier alpha value is -2.31. The highest BCUT2D eigenvalue weighted by molar-refractivity contribution is 5.71. The van der Waals surface area contributed by atoms with E-state index in [9.17, 15) is 13.2 Å². The molecule has 0 fully saturated rings. The Labute approximate surface area is 113 Å². The van der Waals surface area contributed by atoms with Crippen molar-refractivity contribution in [1.82, 2.24) is 9.97 Å². The van der Waals surface area contributed by atoms with Gasteiger partial charge in [-0.05, 0) is 31.2 Å². The van der Waals surface area contributed by atoms with Crippen molar-refractivity contribution in [3.63, 3.8) is 0 Å². The highest BCUT2D eigenvalue weighted by Crippen LogP contribution is 2.28. The van der Waals surface area contributed by atoms with Gasteiger partial charge in [0.2, 0.25) is 0 Å². The molecule has 0 bridgehead atoms. The standard InChI is InChI=1S/C13H12F3N3O/c1-2-17-12-11(18-7-8-19-12)9-3-5-10(6-4-9)20-13(14,15)16/h3-8H,2H2,1H3,(H,17,19). The molecule has 0 saturated carbocycles. The summed E-state index contributed by atoms with van der Waals surface area (Å²) in [6, 6.07) is 5.50. The van der Waals surface area contributed by atoms with Crippen molar-refractivity contribution in [3.05, 3.63) is 36.7 Å². The number of alkyl halides is 3. The van der Waals surface area contributed by atoms with E-state index in [-0.39, 0.29) is 5.75 Å². The monoisotopic (exact) mass is 283 g/mol. The number of nitrogens with zero attached hydrogens (tertiary/aromatic N) is 2. The van der Waals surface area contributed by atoms with Crippen LogP contribution < -0.4 is 10.1 Å². The van der Waals surface area contributed by atoms with Crippen LogP contribution in [0.1, 0.15) is 6.92 Å². The molecule has 0 aliphatic heterocycles. The van der Waals surface area contributed by atoms with Gasteiger partial charge in [-0.25, -0.2) is 4.98 Å². The molecule has 0 unspecified atom stereocenters. The fourth-order valence-corrected chi connectivity index (χ4v) is 1.66. The maximum atomic E-state index is 12.1. The van der Waals surface area contributed by atoms with Crippen molar-refractivity contribution in [2.45, 2.75) is 13.3 Å². The van der Waals surface area contributed by atoms with E-state index in [1.54, 1.807) is 6.20 Å². The summed E-state index contributed by atoms with van der Waals surface area (Å²) in [6.45, 7) is 2.58. The lowest BCUT2D eigenvalue weighted by molar-refractivity contribution is -0.274. The molecule has 4 nitrogen and oxygen atoms in total. The summed E-state index contributed by atoms with van der Waals surface area (Å²) in [5.74, 6) is 0.314. The number of nitrogens with one attached hydrogen (secondary N) is 1. The fraction of sp³-hybridized carbons (Fsp3) is 0.231. The third kappa shape index (κ3) is 3.59. The average Bonchev–Trinajstić information content (AvgIpc) is 2.39. The van der Waals surface area contributed by atoms with Gasteiger partial charge in [-0.2, -0.15) is 0 Å². The third-order valence-electron chi connectivity index (χ3n) is 2.40. The molecule has 20 heavy (non-hydrogen) atoms. The smallest absolute Gasteiger partial charge is 0.406 e. The first-order valence-corrected chi connectivity index (χ1v) is 5.90. The van der Waals surface area contributed by atoms with Crippen LogP contribution in [0.2, 0.25) is 0 Å². The normalized spacial score (nSPS) is 11.2. The highest BCUT2D eigenvalue weighted by Gasteiger charge is 2.31. The van der Waals surface area contributed by atoms with Crippen LogP contribution in [0.5, 0.6) is 5.75 Å². The molecule has 0 aliphatic rings. The number of aromatic nitrogens is 2. The Morgan fingerprint density at radius 1 is 1.10 bits per heavy atom. The number of anilines is 1. The number of halogens is 3. The van der Waals surface area contributed by atoms with Crippen molar-refractivity contribution >= 4 is 5.82 Å². The van der Waals surface area contributed by atoms with Gasteiger partial charge in [0.15, 0.2) is 5.82 Å². The Morgan fingerprint density at radius 3 is 2.35 bits per heavy atom. The molecule has 0 aliphatic carbocycles. The van der Waals surface area contributed by atoms with E-state index in [4.69, 9.17) is 0 Å². The molecule has 106 valence electrons. The number of ether oxygens (including phenoxy) is 1. The molecule has 1 N–H and O–H groups in total. The maximum Gasteiger partial charge on any atom is 0.573 e. The molecule has 0 atom stereocenters. The van der Waals surface area contributed by atoms with Gasteiger partial charge in [-0.3, -0.25) is 4.98 Å². The summed E-state index contributed by atoms with van der Waals surface area (Å²) in [5, 5.41) is 3.04. The second kappa shape index (κ2) is 5.77. The van der Waals surface area contributed by atoms with Gasteiger partial charge in [-0.1, -0.05) is 0 Å². The first-order valence-electron chi connectivity index (χ1n) is 5.90. The zero-order valence-electron chi connectivity index (χ0n) is 10.6. The molecule has 7 heteroatoms. The molecule has 0 radical (unpaired) electrons. The van der Waals surface area contributed by atoms with Gasteiger partial charge >= 0.3 is 6.36 Å². The van der Waals surface area contributed by atoms with E-state index in [1.807, 2.05) is 6.92 Å². The Kier molecular flexibility index (Phi) is 4.07. The lowest BCUT2D eigenvalue weighted by Gasteiger charge is -2.10. The molecule has 2 rings (SSSR count). The van der Waals surface area contributed by atoms with E-state index >= 15 is 0 Å². The van der Waals surface area contributed by atoms with Gasteiger partial charge in [0.05, 0.1) is 0 Å². The average molecular weight is 283 g/mol. The van der Waals surface area contributed by atoms with Crippen LogP contribution in [-0.4, -0.2) is 22.9 Å². The van der Waals surface area contributed by atoms with E-state index < -0.39 is 6.36 Å². The van der Waals surface area contributed by atoms with E-state index in [2.05, 4.69) is 20.0 Å². The predicted molar refractivity (Wildman–Crippen MR) is 68.3 cm³/mol. The van der Waals surface area contributed by atoms with Crippen LogP contribution in [0.3, 0.4) is 0 Å². The van der Waals surface area contributed by atoms with Crippen LogP contribution in [0.15, 0.2) is 36.7 Å². The van der Waals surface area contributed by atoms with Crippen LogP contribution in [0.4, 0.5) is 19.0 Å². The van der Waals surface area contributed by atoms with Crippen LogP contribution >= 0.6 is 0 Å². The largest absolute Gasteiger partial charge is 0.573 e. The molecule has 0 saturated heterocycles. The minimum atomic E-state index is -4.69. The van der Waals surface area contributed by atoms with Gasteiger partial charge in [0, 0.05) is 24.5 Å². The first-order chi connectivity index (χ1) is 9.49. The molecule has 1 aromatic carbocycles. The molecule has 1 aromatic heterocycles. The zero-order chi connectivity index (χ0) is 14.6. The first kappa shape index (κ1) is 14.1. The lowest BCUT2D eigenvalue weighted by atomic mass is 10.1. The van der Waals surface area contributed by atoms with E-state index in [0.29, 0.717) is 23.6 Å².